The lowest BCUT2D eigenvalue weighted by Gasteiger charge is -2.02. The van der Waals surface area contributed by atoms with E-state index in [0.29, 0.717) is 27.7 Å². The summed E-state index contributed by atoms with van der Waals surface area (Å²) in [7, 11) is 0. The number of hydrogen-bond donors (Lipinski definition) is 0. The maximum absolute atomic E-state index is 13.0. The molecule has 3 aromatic rings. The van der Waals surface area contributed by atoms with Crippen LogP contribution in [0.4, 0.5) is 8.78 Å². The van der Waals surface area contributed by atoms with Gasteiger partial charge in [-0.15, -0.1) is 0 Å². The molecule has 0 amide bonds. The zero-order valence-electron chi connectivity index (χ0n) is 13.2. The molecular formula is C19H13ClF2N2O. The third-order valence-corrected chi connectivity index (χ3v) is 4.01. The molecular weight excluding hydrogens is 346 g/mol. The number of carbonyl (C=O) groups is 1. The number of carbonyl (C=O) groups excluding carboxylic acids is 1. The lowest BCUT2D eigenvalue weighted by molar-refractivity contribution is 0.104. The summed E-state index contributed by atoms with van der Waals surface area (Å²) in [5.74, 6) is -1.03. The molecule has 0 atom stereocenters. The second-order valence-electron chi connectivity index (χ2n) is 5.38. The summed E-state index contributed by atoms with van der Waals surface area (Å²) in [5, 5.41) is 4.63. The third-order valence-electron chi connectivity index (χ3n) is 3.65. The van der Waals surface area contributed by atoms with Crippen molar-refractivity contribution in [3.8, 4) is 5.69 Å². The van der Waals surface area contributed by atoms with Crippen molar-refractivity contribution >= 4 is 23.5 Å². The van der Waals surface area contributed by atoms with Crippen molar-refractivity contribution in [2.75, 3.05) is 0 Å². The van der Waals surface area contributed by atoms with Gasteiger partial charge in [0, 0.05) is 11.1 Å². The summed E-state index contributed by atoms with van der Waals surface area (Å²) >= 11 is 6.35. The zero-order chi connectivity index (χ0) is 18.0. The first kappa shape index (κ1) is 17.0. The van der Waals surface area contributed by atoms with E-state index in [4.69, 9.17) is 11.6 Å². The first-order valence-electron chi connectivity index (χ1n) is 7.45. The minimum Gasteiger partial charge on any atom is -0.289 e. The van der Waals surface area contributed by atoms with Gasteiger partial charge in [-0.25, -0.2) is 13.5 Å². The van der Waals surface area contributed by atoms with Crippen LogP contribution < -0.4 is 0 Å². The summed E-state index contributed by atoms with van der Waals surface area (Å²) in [6.45, 7) is 1.76. The van der Waals surface area contributed by atoms with Crippen LogP contribution in [-0.4, -0.2) is 15.6 Å². The highest BCUT2D eigenvalue weighted by Gasteiger charge is 2.13. The lowest BCUT2D eigenvalue weighted by atomic mass is 10.1. The number of ketones is 1. The van der Waals surface area contributed by atoms with Crippen LogP contribution in [0.1, 0.15) is 21.6 Å². The monoisotopic (exact) mass is 358 g/mol. The summed E-state index contributed by atoms with van der Waals surface area (Å²) in [6.07, 6.45) is 2.93. The molecule has 0 aliphatic carbocycles. The number of hydrogen-bond acceptors (Lipinski definition) is 2. The van der Waals surface area contributed by atoms with Crippen LogP contribution in [-0.2, 0) is 0 Å². The molecule has 0 spiro atoms. The second kappa shape index (κ2) is 6.99. The Morgan fingerprint density at radius 3 is 2.20 bits per heavy atom. The molecule has 126 valence electrons. The molecule has 2 aromatic carbocycles. The topological polar surface area (TPSA) is 34.9 Å². The van der Waals surface area contributed by atoms with Gasteiger partial charge in [0.05, 0.1) is 11.4 Å². The summed E-state index contributed by atoms with van der Waals surface area (Å²) in [4.78, 5) is 12.1. The fraction of sp³-hybridized carbons (Fsp3) is 0.0526. The van der Waals surface area contributed by atoms with E-state index in [1.807, 2.05) is 0 Å². The van der Waals surface area contributed by atoms with Crippen LogP contribution in [0.25, 0.3) is 11.8 Å². The normalized spacial score (nSPS) is 11.2. The molecule has 25 heavy (non-hydrogen) atoms. The molecule has 0 saturated carbocycles. The highest BCUT2D eigenvalue weighted by atomic mass is 35.5. The maximum Gasteiger partial charge on any atom is 0.185 e. The number of aromatic nitrogens is 2. The molecule has 0 aliphatic heterocycles. The molecule has 1 aromatic heterocycles. The van der Waals surface area contributed by atoms with E-state index >= 15 is 0 Å². The van der Waals surface area contributed by atoms with Gasteiger partial charge in [0.25, 0.3) is 0 Å². The molecule has 6 heteroatoms. The largest absolute Gasteiger partial charge is 0.289 e. The minimum atomic E-state index is -0.403. The van der Waals surface area contributed by atoms with Gasteiger partial charge in [-0.2, -0.15) is 5.10 Å². The molecule has 0 saturated heterocycles. The van der Waals surface area contributed by atoms with Crippen LogP contribution in [0.3, 0.4) is 0 Å². The quantitative estimate of drug-likeness (QED) is 0.485. The average Bonchev–Trinajstić information content (AvgIpc) is 2.88. The van der Waals surface area contributed by atoms with Crippen molar-refractivity contribution in [2.24, 2.45) is 0 Å². The third kappa shape index (κ3) is 3.67. The molecule has 0 bridgehead atoms. The van der Waals surface area contributed by atoms with Gasteiger partial charge in [-0.05, 0) is 67.6 Å². The van der Waals surface area contributed by atoms with Crippen molar-refractivity contribution in [1.29, 1.82) is 0 Å². The van der Waals surface area contributed by atoms with Gasteiger partial charge in [0.15, 0.2) is 5.78 Å². The smallest absolute Gasteiger partial charge is 0.185 e. The van der Waals surface area contributed by atoms with Gasteiger partial charge in [0.2, 0.25) is 0 Å². The van der Waals surface area contributed by atoms with Crippen molar-refractivity contribution in [3.05, 3.63) is 88.2 Å². The first-order valence-corrected chi connectivity index (χ1v) is 7.82. The van der Waals surface area contributed by atoms with E-state index in [0.717, 1.165) is 0 Å². The highest BCUT2D eigenvalue weighted by molar-refractivity contribution is 6.31. The zero-order valence-corrected chi connectivity index (χ0v) is 14.0. The van der Waals surface area contributed by atoms with Crippen LogP contribution in [0.2, 0.25) is 5.15 Å². The molecule has 0 N–H and O–H groups in total. The van der Waals surface area contributed by atoms with E-state index in [1.165, 1.54) is 47.2 Å². The number of benzene rings is 2. The van der Waals surface area contributed by atoms with Crippen molar-refractivity contribution < 1.29 is 13.6 Å². The number of nitrogens with zero attached hydrogens (tertiary/aromatic N) is 2. The molecule has 0 fully saturated rings. The van der Waals surface area contributed by atoms with Gasteiger partial charge < -0.3 is 0 Å². The lowest BCUT2D eigenvalue weighted by Crippen LogP contribution is -1.96. The van der Waals surface area contributed by atoms with Gasteiger partial charge in [0.1, 0.15) is 16.8 Å². The maximum atomic E-state index is 13.0. The van der Waals surface area contributed by atoms with Crippen LogP contribution in [0.15, 0.2) is 54.6 Å². The minimum absolute atomic E-state index is 0.273. The Balaban J connectivity index is 1.89. The highest BCUT2D eigenvalue weighted by Crippen LogP contribution is 2.25. The van der Waals surface area contributed by atoms with E-state index in [2.05, 4.69) is 5.10 Å². The van der Waals surface area contributed by atoms with Gasteiger partial charge >= 0.3 is 0 Å². The van der Waals surface area contributed by atoms with Crippen molar-refractivity contribution in [1.82, 2.24) is 9.78 Å². The molecule has 0 aliphatic rings. The number of aryl methyl sites for hydroxylation is 1. The van der Waals surface area contributed by atoms with Gasteiger partial charge in [-0.3, -0.25) is 4.79 Å². The number of rotatable bonds is 4. The number of halogens is 3. The molecule has 3 rings (SSSR count). The Morgan fingerprint density at radius 1 is 1.04 bits per heavy atom. The van der Waals surface area contributed by atoms with Crippen LogP contribution in [0.5, 0.6) is 0 Å². The molecule has 0 unspecified atom stereocenters. The van der Waals surface area contributed by atoms with E-state index in [-0.39, 0.29) is 11.6 Å². The predicted octanol–water partition coefficient (Wildman–Crippen LogP) is 5.01. The SMILES string of the molecule is Cc1nn(-c2ccc(F)cc2)c(Cl)c1/C=C/C(=O)c1ccc(F)cc1. The summed E-state index contributed by atoms with van der Waals surface area (Å²) < 4.78 is 27.4. The fourth-order valence-electron chi connectivity index (χ4n) is 2.32. The molecule has 0 radical (unpaired) electrons. The van der Waals surface area contributed by atoms with Crippen molar-refractivity contribution in [2.45, 2.75) is 6.92 Å². The molecule has 3 nitrogen and oxygen atoms in total. The number of allylic oxidation sites excluding steroid dienone is 1. The Kier molecular flexibility index (Phi) is 4.76. The average molecular weight is 359 g/mol. The second-order valence-corrected chi connectivity index (χ2v) is 5.74. The summed E-state index contributed by atoms with van der Waals surface area (Å²) in [6, 6.07) is 11.0. The Hall–Kier alpha value is -2.79. The van der Waals surface area contributed by atoms with Crippen LogP contribution >= 0.6 is 11.6 Å². The van der Waals surface area contributed by atoms with E-state index in [1.54, 1.807) is 25.1 Å². The first-order chi connectivity index (χ1) is 12.0. The van der Waals surface area contributed by atoms with E-state index in [9.17, 15) is 13.6 Å². The van der Waals surface area contributed by atoms with Crippen LogP contribution in [0, 0.1) is 18.6 Å². The Morgan fingerprint density at radius 2 is 1.60 bits per heavy atom. The predicted molar refractivity (Wildman–Crippen MR) is 93.0 cm³/mol. The molecule has 1 heterocycles. The standard InChI is InChI=1S/C19H13ClF2N2O/c1-12-17(10-11-18(25)13-2-4-14(21)5-3-13)19(20)24(23-12)16-8-6-15(22)7-9-16/h2-11H,1H3/b11-10+. The Bertz CT molecular complexity index is 945. The Labute approximate surface area is 148 Å². The fourth-order valence-corrected chi connectivity index (χ4v) is 2.66. The van der Waals surface area contributed by atoms with Crippen molar-refractivity contribution in [3.63, 3.8) is 0 Å². The van der Waals surface area contributed by atoms with E-state index < -0.39 is 5.82 Å². The summed E-state index contributed by atoms with van der Waals surface area (Å²) in [5.41, 5.74) is 2.19. The van der Waals surface area contributed by atoms with Gasteiger partial charge in [-0.1, -0.05) is 11.6 Å².